The Morgan fingerprint density at radius 1 is 1.00 bits per heavy atom. The zero-order valence-electron chi connectivity index (χ0n) is 19.3. The summed E-state index contributed by atoms with van der Waals surface area (Å²) in [5.41, 5.74) is 2.45. The number of amides is 2. The van der Waals surface area contributed by atoms with Crippen molar-refractivity contribution >= 4 is 11.8 Å². The molecule has 3 aromatic rings. The SMILES string of the molecule is COc1cccc(COC2CN(CCc3ccccc3)C(=O)CN(C(=O)c3ccccn3)C2)c1. The van der Waals surface area contributed by atoms with Gasteiger partial charge in [0, 0.05) is 25.8 Å². The molecular weight excluding hydrogens is 430 g/mol. The molecule has 0 aliphatic carbocycles. The Bertz CT molecular complexity index is 1090. The molecule has 2 aromatic carbocycles. The fourth-order valence-electron chi connectivity index (χ4n) is 3.99. The predicted molar refractivity (Wildman–Crippen MR) is 128 cm³/mol. The highest BCUT2D eigenvalue weighted by atomic mass is 16.5. The Kier molecular flexibility index (Phi) is 7.88. The van der Waals surface area contributed by atoms with E-state index in [4.69, 9.17) is 9.47 Å². The summed E-state index contributed by atoms with van der Waals surface area (Å²) in [7, 11) is 1.63. The lowest BCUT2D eigenvalue weighted by atomic mass is 10.1. The first-order valence-electron chi connectivity index (χ1n) is 11.4. The van der Waals surface area contributed by atoms with Gasteiger partial charge in [0.05, 0.1) is 19.8 Å². The van der Waals surface area contributed by atoms with Crippen LogP contribution in [0.5, 0.6) is 5.75 Å². The predicted octanol–water partition coefficient (Wildman–Crippen LogP) is 3.20. The number of pyridine rings is 1. The van der Waals surface area contributed by atoms with E-state index in [1.165, 1.54) is 0 Å². The number of hydrogen-bond donors (Lipinski definition) is 0. The van der Waals surface area contributed by atoms with Gasteiger partial charge in [-0.15, -0.1) is 0 Å². The van der Waals surface area contributed by atoms with Crippen molar-refractivity contribution in [2.24, 2.45) is 0 Å². The number of ether oxygens (including phenoxy) is 2. The minimum atomic E-state index is -0.332. The summed E-state index contributed by atoms with van der Waals surface area (Å²) < 4.78 is 11.5. The van der Waals surface area contributed by atoms with Gasteiger partial charge in [0.15, 0.2) is 0 Å². The van der Waals surface area contributed by atoms with E-state index in [2.05, 4.69) is 17.1 Å². The van der Waals surface area contributed by atoms with Crippen molar-refractivity contribution in [3.05, 3.63) is 95.8 Å². The van der Waals surface area contributed by atoms with Crippen molar-refractivity contribution < 1.29 is 19.1 Å². The third kappa shape index (κ3) is 6.20. The maximum Gasteiger partial charge on any atom is 0.273 e. The number of rotatable bonds is 8. The van der Waals surface area contributed by atoms with Gasteiger partial charge in [0.2, 0.25) is 5.91 Å². The van der Waals surface area contributed by atoms with Crippen LogP contribution in [-0.4, -0.2) is 66.0 Å². The molecule has 1 aromatic heterocycles. The Balaban J connectivity index is 1.49. The van der Waals surface area contributed by atoms with E-state index < -0.39 is 0 Å². The summed E-state index contributed by atoms with van der Waals surface area (Å²) >= 11 is 0. The maximum absolute atomic E-state index is 13.1. The van der Waals surface area contributed by atoms with Gasteiger partial charge in [-0.3, -0.25) is 14.6 Å². The van der Waals surface area contributed by atoms with E-state index in [1.54, 1.807) is 41.3 Å². The summed E-state index contributed by atoms with van der Waals surface area (Å²) in [6.07, 6.45) is 1.99. The Morgan fingerprint density at radius 3 is 2.56 bits per heavy atom. The van der Waals surface area contributed by atoms with E-state index >= 15 is 0 Å². The fourth-order valence-corrected chi connectivity index (χ4v) is 3.99. The molecule has 7 nitrogen and oxygen atoms in total. The monoisotopic (exact) mass is 459 g/mol. The molecule has 1 atom stereocenters. The minimum absolute atomic E-state index is 0.00319. The molecule has 0 N–H and O–H groups in total. The first-order valence-corrected chi connectivity index (χ1v) is 11.4. The van der Waals surface area contributed by atoms with Crippen molar-refractivity contribution in [1.82, 2.24) is 14.8 Å². The summed E-state index contributed by atoms with van der Waals surface area (Å²) in [5, 5.41) is 0. The average molecular weight is 460 g/mol. The Hall–Kier alpha value is -3.71. The van der Waals surface area contributed by atoms with Crippen LogP contribution in [0.4, 0.5) is 0 Å². The first kappa shape index (κ1) is 23.4. The third-order valence-electron chi connectivity index (χ3n) is 5.83. The topological polar surface area (TPSA) is 72.0 Å². The van der Waals surface area contributed by atoms with Crippen molar-refractivity contribution in [2.75, 3.05) is 33.3 Å². The number of carbonyl (C=O) groups excluding carboxylic acids is 2. The molecule has 4 rings (SSSR count). The normalized spacial score (nSPS) is 16.3. The van der Waals surface area contributed by atoms with Crippen LogP contribution in [0.2, 0.25) is 0 Å². The fraction of sp³-hybridized carbons (Fsp3) is 0.296. The molecule has 1 saturated heterocycles. The van der Waals surface area contributed by atoms with Crippen LogP contribution in [0.3, 0.4) is 0 Å². The highest BCUT2D eigenvalue weighted by molar-refractivity contribution is 5.95. The molecule has 7 heteroatoms. The molecule has 0 saturated carbocycles. The lowest BCUT2D eigenvalue weighted by Gasteiger charge is -2.25. The van der Waals surface area contributed by atoms with Crippen molar-refractivity contribution in [3.63, 3.8) is 0 Å². The van der Waals surface area contributed by atoms with Crippen LogP contribution >= 0.6 is 0 Å². The van der Waals surface area contributed by atoms with Crippen LogP contribution in [0.15, 0.2) is 79.0 Å². The molecule has 0 spiro atoms. The molecule has 1 unspecified atom stereocenters. The largest absolute Gasteiger partial charge is 0.497 e. The molecule has 34 heavy (non-hydrogen) atoms. The van der Waals surface area contributed by atoms with Crippen LogP contribution in [0.1, 0.15) is 21.6 Å². The number of methoxy groups -OCH3 is 1. The van der Waals surface area contributed by atoms with E-state index in [1.807, 2.05) is 42.5 Å². The van der Waals surface area contributed by atoms with E-state index in [9.17, 15) is 9.59 Å². The standard InChI is InChI=1S/C27H29N3O4/c1-33-23-11-7-10-22(16-23)20-34-24-17-29(15-13-21-8-3-2-4-9-21)26(31)19-30(18-24)27(32)25-12-5-6-14-28-25/h2-12,14,16,24H,13,15,17-20H2,1H3. The molecule has 1 fully saturated rings. The molecular formula is C27H29N3O4. The number of carbonyl (C=O) groups is 2. The van der Waals surface area contributed by atoms with Gasteiger partial charge < -0.3 is 19.3 Å². The van der Waals surface area contributed by atoms with E-state index in [0.717, 1.165) is 23.3 Å². The van der Waals surface area contributed by atoms with Crippen molar-refractivity contribution in [1.29, 1.82) is 0 Å². The smallest absolute Gasteiger partial charge is 0.273 e. The van der Waals surface area contributed by atoms with Gasteiger partial charge in [-0.2, -0.15) is 0 Å². The second kappa shape index (κ2) is 11.4. The summed E-state index contributed by atoms with van der Waals surface area (Å²) in [6, 6.07) is 22.9. The number of aromatic nitrogens is 1. The van der Waals surface area contributed by atoms with Crippen LogP contribution in [0, 0.1) is 0 Å². The van der Waals surface area contributed by atoms with Gasteiger partial charge in [-0.25, -0.2) is 0 Å². The van der Waals surface area contributed by atoms with Crippen molar-refractivity contribution in [3.8, 4) is 5.75 Å². The highest BCUT2D eigenvalue weighted by Gasteiger charge is 2.31. The maximum atomic E-state index is 13.1. The number of benzene rings is 2. The zero-order chi connectivity index (χ0) is 23.8. The summed E-state index contributed by atoms with van der Waals surface area (Å²) in [6.45, 7) is 1.65. The Morgan fingerprint density at radius 2 is 1.79 bits per heavy atom. The van der Waals surface area contributed by atoms with Crippen LogP contribution in [0.25, 0.3) is 0 Å². The quantitative estimate of drug-likeness (QED) is 0.517. The summed E-state index contributed by atoms with van der Waals surface area (Å²) in [4.78, 5) is 33.7. The molecule has 0 radical (unpaired) electrons. The zero-order valence-corrected chi connectivity index (χ0v) is 19.3. The van der Waals surface area contributed by atoms with E-state index in [0.29, 0.717) is 31.9 Å². The van der Waals surface area contributed by atoms with Gasteiger partial charge in [0.1, 0.15) is 18.0 Å². The highest BCUT2D eigenvalue weighted by Crippen LogP contribution is 2.17. The number of hydrogen-bond acceptors (Lipinski definition) is 5. The minimum Gasteiger partial charge on any atom is -0.497 e. The molecule has 0 bridgehead atoms. The lowest BCUT2D eigenvalue weighted by molar-refractivity contribution is -0.131. The second-order valence-corrected chi connectivity index (χ2v) is 8.26. The lowest BCUT2D eigenvalue weighted by Crippen LogP contribution is -2.40. The van der Waals surface area contributed by atoms with Crippen LogP contribution < -0.4 is 4.74 Å². The molecule has 2 amide bonds. The van der Waals surface area contributed by atoms with Gasteiger partial charge in [-0.05, 0) is 41.8 Å². The molecule has 2 heterocycles. The first-order chi connectivity index (χ1) is 16.6. The molecule has 176 valence electrons. The number of nitrogens with zero attached hydrogens (tertiary/aromatic N) is 3. The third-order valence-corrected chi connectivity index (χ3v) is 5.83. The second-order valence-electron chi connectivity index (χ2n) is 8.26. The summed E-state index contributed by atoms with van der Waals surface area (Å²) in [5.74, 6) is 0.398. The molecule has 1 aliphatic heterocycles. The average Bonchev–Trinajstić information content (AvgIpc) is 3.05. The van der Waals surface area contributed by atoms with Crippen LogP contribution in [-0.2, 0) is 22.6 Å². The van der Waals surface area contributed by atoms with E-state index in [-0.39, 0.29) is 24.5 Å². The van der Waals surface area contributed by atoms with Gasteiger partial charge in [0.25, 0.3) is 5.91 Å². The Labute approximate surface area is 199 Å². The molecule has 1 aliphatic rings. The van der Waals surface area contributed by atoms with Gasteiger partial charge in [-0.1, -0.05) is 48.5 Å². The van der Waals surface area contributed by atoms with Crippen molar-refractivity contribution in [2.45, 2.75) is 19.1 Å². The van der Waals surface area contributed by atoms with Gasteiger partial charge >= 0.3 is 0 Å².